The van der Waals surface area contributed by atoms with Crippen molar-refractivity contribution in [3.63, 3.8) is 0 Å². The number of nitrogens with zero attached hydrogens (tertiary/aromatic N) is 3. The van der Waals surface area contributed by atoms with E-state index in [4.69, 9.17) is 9.15 Å². The highest BCUT2D eigenvalue weighted by atomic mass is 16.5. The average Bonchev–Trinajstić information content (AvgIpc) is 3.34. The maximum absolute atomic E-state index is 12.3. The Kier molecular flexibility index (Phi) is 4.44. The largest absolute Gasteiger partial charge is 0.454 e. The van der Waals surface area contributed by atoms with Gasteiger partial charge in [-0.05, 0) is 48.0 Å². The number of carbonyl (C=O) groups excluding carboxylic acids is 3. The number of benzene rings is 2. The molecular formula is C20H15N3O5. The van der Waals surface area contributed by atoms with Crippen molar-refractivity contribution in [2.75, 3.05) is 18.6 Å². The molecule has 4 rings (SSSR count). The quantitative estimate of drug-likeness (QED) is 0.496. The standard InChI is InChI=1S/C20H15N3O5/c1-23-16-7-6-14(8-15(16)9-18(23)25)17(24)10-27-20(26)13-4-2-12(3-5-13)19-22-21-11-28-19/h2-8,11H,9-10H2,1H3. The Bertz CT molecular complexity index is 1060. The fraction of sp³-hybridized carbons (Fsp3) is 0.150. The van der Waals surface area contributed by atoms with Gasteiger partial charge in [0, 0.05) is 23.9 Å². The zero-order valence-corrected chi connectivity index (χ0v) is 14.9. The Hall–Kier alpha value is -3.81. The van der Waals surface area contributed by atoms with Gasteiger partial charge in [-0.25, -0.2) is 4.79 Å². The van der Waals surface area contributed by atoms with Gasteiger partial charge in [-0.3, -0.25) is 9.59 Å². The minimum atomic E-state index is -0.610. The van der Waals surface area contributed by atoms with Gasteiger partial charge < -0.3 is 14.1 Å². The summed E-state index contributed by atoms with van der Waals surface area (Å²) in [4.78, 5) is 37.8. The number of amides is 1. The Morgan fingerprint density at radius 2 is 1.89 bits per heavy atom. The number of likely N-dealkylation sites (N-methyl/N-ethyl adjacent to an activating group) is 1. The Labute approximate surface area is 159 Å². The molecule has 0 spiro atoms. The first-order valence-electron chi connectivity index (χ1n) is 8.49. The lowest BCUT2D eigenvalue weighted by Gasteiger charge is -2.10. The van der Waals surface area contributed by atoms with E-state index >= 15 is 0 Å². The van der Waals surface area contributed by atoms with Crippen molar-refractivity contribution in [1.29, 1.82) is 0 Å². The first-order chi connectivity index (χ1) is 13.5. The molecular weight excluding hydrogens is 362 g/mol. The van der Waals surface area contributed by atoms with Crippen LogP contribution in [0.4, 0.5) is 5.69 Å². The van der Waals surface area contributed by atoms with Crippen LogP contribution in [0.3, 0.4) is 0 Å². The molecule has 0 unspecified atom stereocenters. The second-order valence-electron chi connectivity index (χ2n) is 6.29. The molecule has 0 fully saturated rings. The van der Waals surface area contributed by atoms with E-state index in [-0.39, 0.29) is 24.7 Å². The number of ketones is 1. The number of hydrogen-bond acceptors (Lipinski definition) is 7. The number of ether oxygens (including phenoxy) is 1. The van der Waals surface area contributed by atoms with Crippen LogP contribution >= 0.6 is 0 Å². The van der Waals surface area contributed by atoms with Crippen LogP contribution in [0.15, 0.2) is 53.3 Å². The fourth-order valence-electron chi connectivity index (χ4n) is 2.99. The number of carbonyl (C=O) groups is 3. The lowest BCUT2D eigenvalue weighted by Crippen LogP contribution is -2.20. The van der Waals surface area contributed by atoms with Crippen molar-refractivity contribution in [2.24, 2.45) is 0 Å². The highest BCUT2D eigenvalue weighted by molar-refractivity contribution is 6.04. The molecule has 8 nitrogen and oxygen atoms in total. The number of anilines is 1. The summed E-state index contributed by atoms with van der Waals surface area (Å²) >= 11 is 0. The third-order valence-corrected chi connectivity index (χ3v) is 4.54. The topological polar surface area (TPSA) is 103 Å². The summed E-state index contributed by atoms with van der Waals surface area (Å²) in [7, 11) is 1.70. The van der Waals surface area contributed by atoms with Crippen molar-refractivity contribution in [1.82, 2.24) is 10.2 Å². The molecule has 0 saturated heterocycles. The lowest BCUT2D eigenvalue weighted by molar-refractivity contribution is -0.117. The number of aromatic nitrogens is 2. The smallest absolute Gasteiger partial charge is 0.338 e. The van der Waals surface area contributed by atoms with E-state index in [2.05, 4.69) is 10.2 Å². The van der Waals surface area contributed by atoms with Gasteiger partial charge >= 0.3 is 5.97 Å². The lowest BCUT2D eigenvalue weighted by atomic mass is 10.1. The third-order valence-electron chi connectivity index (χ3n) is 4.54. The highest BCUT2D eigenvalue weighted by Crippen LogP contribution is 2.28. The molecule has 3 aromatic rings. The molecule has 0 N–H and O–H groups in total. The number of hydrogen-bond donors (Lipinski definition) is 0. The minimum Gasteiger partial charge on any atom is -0.454 e. The first-order valence-corrected chi connectivity index (χ1v) is 8.49. The molecule has 0 aliphatic carbocycles. The SMILES string of the molecule is CN1C(=O)Cc2cc(C(=O)COC(=O)c3ccc(-c4nnco4)cc3)ccc21. The monoisotopic (exact) mass is 377 g/mol. The van der Waals surface area contributed by atoms with Crippen molar-refractivity contribution < 1.29 is 23.5 Å². The van der Waals surface area contributed by atoms with Crippen LogP contribution in [0.25, 0.3) is 11.5 Å². The molecule has 1 aromatic heterocycles. The molecule has 1 amide bonds. The number of rotatable bonds is 5. The maximum Gasteiger partial charge on any atom is 0.338 e. The highest BCUT2D eigenvalue weighted by Gasteiger charge is 2.25. The summed E-state index contributed by atoms with van der Waals surface area (Å²) in [5.74, 6) is -0.618. The normalized spacial score (nSPS) is 12.8. The molecule has 2 heterocycles. The predicted molar refractivity (Wildman–Crippen MR) is 97.9 cm³/mol. The molecule has 28 heavy (non-hydrogen) atoms. The van der Waals surface area contributed by atoms with Crippen LogP contribution in [0.2, 0.25) is 0 Å². The number of fused-ring (bicyclic) bond motifs is 1. The summed E-state index contributed by atoms with van der Waals surface area (Å²) < 4.78 is 10.2. The zero-order valence-electron chi connectivity index (χ0n) is 14.9. The van der Waals surface area contributed by atoms with Crippen LogP contribution in [0.1, 0.15) is 26.3 Å². The Balaban J connectivity index is 1.39. The molecule has 0 bridgehead atoms. The average molecular weight is 377 g/mol. The van der Waals surface area contributed by atoms with E-state index < -0.39 is 5.97 Å². The van der Waals surface area contributed by atoms with Crippen LogP contribution in [-0.2, 0) is 16.0 Å². The predicted octanol–water partition coefficient (Wildman–Crippen LogP) is 2.30. The summed E-state index contributed by atoms with van der Waals surface area (Å²) in [5, 5.41) is 7.38. The molecule has 1 aliphatic heterocycles. The molecule has 0 radical (unpaired) electrons. The molecule has 0 atom stereocenters. The molecule has 8 heteroatoms. The third kappa shape index (κ3) is 3.27. The Morgan fingerprint density at radius 1 is 1.14 bits per heavy atom. The van der Waals surface area contributed by atoms with E-state index in [1.807, 2.05) is 0 Å². The van der Waals surface area contributed by atoms with Crippen molar-refractivity contribution in [3.8, 4) is 11.5 Å². The molecule has 140 valence electrons. The van der Waals surface area contributed by atoms with Crippen LogP contribution in [-0.4, -0.2) is 41.5 Å². The van der Waals surface area contributed by atoms with Gasteiger partial charge in [0.05, 0.1) is 12.0 Å². The minimum absolute atomic E-state index is 0.0185. The zero-order chi connectivity index (χ0) is 19.7. The van der Waals surface area contributed by atoms with E-state index in [9.17, 15) is 14.4 Å². The van der Waals surface area contributed by atoms with Gasteiger partial charge in [0.25, 0.3) is 0 Å². The maximum atomic E-state index is 12.3. The van der Waals surface area contributed by atoms with Crippen molar-refractivity contribution in [3.05, 3.63) is 65.5 Å². The van der Waals surface area contributed by atoms with Gasteiger partial charge in [0.15, 0.2) is 12.4 Å². The van der Waals surface area contributed by atoms with Crippen molar-refractivity contribution >= 4 is 23.3 Å². The Morgan fingerprint density at radius 3 is 2.61 bits per heavy atom. The first kappa shape index (κ1) is 17.6. The van der Waals surface area contributed by atoms with Crippen LogP contribution in [0.5, 0.6) is 0 Å². The van der Waals surface area contributed by atoms with Gasteiger partial charge in [-0.15, -0.1) is 10.2 Å². The summed E-state index contributed by atoms with van der Waals surface area (Å²) in [6.07, 6.45) is 1.48. The van der Waals surface area contributed by atoms with Gasteiger partial charge in [-0.1, -0.05) is 0 Å². The molecule has 0 saturated carbocycles. The molecule has 2 aromatic carbocycles. The number of esters is 1. The van der Waals surface area contributed by atoms with Gasteiger partial charge in [0.1, 0.15) is 0 Å². The molecule has 1 aliphatic rings. The summed E-state index contributed by atoms with van der Waals surface area (Å²) in [6.45, 7) is -0.382. The van der Waals surface area contributed by atoms with E-state index in [1.54, 1.807) is 54.4 Å². The van der Waals surface area contributed by atoms with Gasteiger partial charge in [-0.2, -0.15) is 0 Å². The summed E-state index contributed by atoms with van der Waals surface area (Å²) in [6, 6.07) is 11.5. The van der Waals surface area contributed by atoms with E-state index in [0.29, 0.717) is 22.6 Å². The van der Waals surface area contributed by atoms with Crippen LogP contribution in [0, 0.1) is 0 Å². The van der Waals surface area contributed by atoms with E-state index in [0.717, 1.165) is 11.3 Å². The van der Waals surface area contributed by atoms with Crippen LogP contribution < -0.4 is 4.90 Å². The second kappa shape index (κ2) is 7.07. The summed E-state index contributed by atoms with van der Waals surface area (Å²) in [5.41, 5.74) is 2.96. The van der Waals surface area contributed by atoms with Crippen molar-refractivity contribution in [2.45, 2.75) is 6.42 Å². The van der Waals surface area contributed by atoms with E-state index in [1.165, 1.54) is 6.39 Å². The van der Waals surface area contributed by atoms with Gasteiger partial charge in [0.2, 0.25) is 18.2 Å². The second-order valence-corrected chi connectivity index (χ2v) is 6.29. The number of Topliss-reactive ketones (excluding diaryl/α,β-unsaturated/α-hetero) is 1. The fourth-order valence-corrected chi connectivity index (χ4v) is 2.99.